The highest BCUT2D eigenvalue weighted by atomic mass is 16.5. The minimum atomic E-state index is 0.433. The molecule has 0 spiro atoms. The first-order valence-electron chi connectivity index (χ1n) is 6.36. The summed E-state index contributed by atoms with van der Waals surface area (Å²) in [5.41, 5.74) is 3.25. The normalized spacial score (nSPS) is 9.81. The predicted molar refractivity (Wildman–Crippen MR) is 78.4 cm³/mol. The van der Waals surface area contributed by atoms with Gasteiger partial charge in [-0.15, -0.1) is 0 Å². The number of rotatable bonds is 5. The van der Waals surface area contributed by atoms with Gasteiger partial charge in [0.05, 0.1) is 38.0 Å². The molecule has 0 aliphatic rings. The van der Waals surface area contributed by atoms with E-state index in [-0.39, 0.29) is 0 Å². The zero-order chi connectivity index (χ0) is 15.2. The molecule has 0 unspecified atom stereocenters. The van der Waals surface area contributed by atoms with E-state index in [1.54, 1.807) is 26.4 Å². The van der Waals surface area contributed by atoms with Gasteiger partial charge in [-0.05, 0) is 24.6 Å². The third-order valence-electron chi connectivity index (χ3n) is 3.08. The molecular weight excluding hydrogens is 268 g/mol. The molecule has 108 valence electrons. The fourth-order valence-electron chi connectivity index (χ4n) is 1.95. The summed E-state index contributed by atoms with van der Waals surface area (Å²) < 4.78 is 10.5. The van der Waals surface area contributed by atoms with Gasteiger partial charge in [0.2, 0.25) is 11.8 Å². The van der Waals surface area contributed by atoms with Crippen molar-refractivity contribution in [3.05, 3.63) is 41.2 Å². The summed E-state index contributed by atoms with van der Waals surface area (Å²) in [7, 11) is 3.10. The van der Waals surface area contributed by atoms with Gasteiger partial charge in [-0.1, -0.05) is 6.07 Å². The number of aromatic nitrogens is 2. The molecule has 0 aliphatic heterocycles. The van der Waals surface area contributed by atoms with E-state index in [4.69, 9.17) is 14.7 Å². The van der Waals surface area contributed by atoms with Gasteiger partial charge in [-0.25, -0.2) is 9.97 Å². The molecule has 6 nitrogen and oxygen atoms in total. The van der Waals surface area contributed by atoms with Crippen molar-refractivity contribution >= 4 is 5.69 Å². The van der Waals surface area contributed by atoms with Crippen LogP contribution in [0, 0.1) is 18.3 Å². The number of anilines is 1. The topological polar surface area (TPSA) is 80.1 Å². The zero-order valence-corrected chi connectivity index (χ0v) is 12.2. The minimum absolute atomic E-state index is 0.433. The predicted octanol–water partition coefficient (Wildman–Crippen LogP) is 2.29. The maximum Gasteiger partial charge on any atom is 0.225 e. The Kier molecular flexibility index (Phi) is 4.57. The van der Waals surface area contributed by atoms with Crippen molar-refractivity contribution in [2.75, 3.05) is 19.5 Å². The summed E-state index contributed by atoms with van der Waals surface area (Å²) in [5, 5.41) is 12.2. The van der Waals surface area contributed by atoms with Gasteiger partial charge in [0, 0.05) is 5.69 Å². The van der Waals surface area contributed by atoms with Gasteiger partial charge in [0.15, 0.2) is 0 Å². The van der Waals surface area contributed by atoms with E-state index in [9.17, 15) is 0 Å². The Hall–Kier alpha value is -2.81. The molecule has 6 heteroatoms. The molecule has 0 saturated carbocycles. The monoisotopic (exact) mass is 284 g/mol. The molecule has 0 fully saturated rings. The number of hydrogen-bond acceptors (Lipinski definition) is 6. The highest BCUT2D eigenvalue weighted by Crippen LogP contribution is 2.25. The summed E-state index contributed by atoms with van der Waals surface area (Å²) >= 11 is 0. The SMILES string of the molecule is COc1ncnc(OC)c1CNc1cc(C#N)ccc1C. The van der Waals surface area contributed by atoms with E-state index in [0.29, 0.717) is 23.9 Å². The van der Waals surface area contributed by atoms with Crippen molar-refractivity contribution in [1.82, 2.24) is 9.97 Å². The first-order chi connectivity index (χ1) is 10.2. The minimum Gasteiger partial charge on any atom is -0.481 e. The molecule has 21 heavy (non-hydrogen) atoms. The molecule has 0 atom stereocenters. The van der Waals surface area contributed by atoms with Crippen LogP contribution >= 0.6 is 0 Å². The van der Waals surface area contributed by atoms with Gasteiger partial charge >= 0.3 is 0 Å². The quantitative estimate of drug-likeness (QED) is 0.907. The van der Waals surface area contributed by atoms with E-state index in [2.05, 4.69) is 21.4 Å². The molecule has 1 heterocycles. The molecule has 0 aliphatic carbocycles. The Labute approximate surface area is 123 Å². The summed E-state index contributed by atoms with van der Waals surface area (Å²) in [4.78, 5) is 8.14. The number of hydrogen-bond donors (Lipinski definition) is 1. The van der Waals surface area contributed by atoms with Gasteiger partial charge in [-0.3, -0.25) is 0 Å². The number of benzene rings is 1. The molecule has 1 N–H and O–H groups in total. The number of aryl methyl sites for hydroxylation is 1. The fraction of sp³-hybridized carbons (Fsp3) is 0.267. The zero-order valence-electron chi connectivity index (χ0n) is 12.2. The molecule has 0 radical (unpaired) electrons. The van der Waals surface area contributed by atoms with E-state index >= 15 is 0 Å². The maximum atomic E-state index is 8.96. The van der Waals surface area contributed by atoms with Crippen LogP contribution in [0.2, 0.25) is 0 Å². The number of nitrogens with zero attached hydrogens (tertiary/aromatic N) is 3. The largest absolute Gasteiger partial charge is 0.481 e. The number of nitrogens with one attached hydrogen (secondary N) is 1. The Morgan fingerprint density at radius 3 is 2.43 bits per heavy atom. The molecule has 1 aromatic carbocycles. The lowest BCUT2D eigenvalue weighted by Gasteiger charge is -2.13. The Bertz CT molecular complexity index is 658. The van der Waals surface area contributed by atoms with Crippen LogP contribution in [0.4, 0.5) is 5.69 Å². The van der Waals surface area contributed by atoms with Crippen LogP contribution in [-0.4, -0.2) is 24.2 Å². The number of nitriles is 1. The molecule has 0 bridgehead atoms. The molecule has 1 aromatic heterocycles. The van der Waals surface area contributed by atoms with E-state index < -0.39 is 0 Å². The van der Waals surface area contributed by atoms with Crippen LogP contribution < -0.4 is 14.8 Å². The van der Waals surface area contributed by atoms with Crippen molar-refractivity contribution in [2.24, 2.45) is 0 Å². The van der Waals surface area contributed by atoms with Crippen LogP contribution in [0.1, 0.15) is 16.7 Å². The average molecular weight is 284 g/mol. The summed E-state index contributed by atoms with van der Waals surface area (Å²) in [5.74, 6) is 0.923. The molecule has 0 saturated heterocycles. The van der Waals surface area contributed by atoms with Crippen molar-refractivity contribution < 1.29 is 9.47 Å². The highest BCUT2D eigenvalue weighted by molar-refractivity contribution is 5.56. The lowest BCUT2D eigenvalue weighted by Crippen LogP contribution is -2.07. The lowest BCUT2D eigenvalue weighted by molar-refractivity contribution is 0.363. The van der Waals surface area contributed by atoms with Crippen molar-refractivity contribution in [3.63, 3.8) is 0 Å². The maximum absolute atomic E-state index is 8.96. The third-order valence-corrected chi connectivity index (χ3v) is 3.08. The molecule has 2 rings (SSSR count). The standard InChI is InChI=1S/C15H16N4O2/c1-10-4-5-11(7-16)6-13(10)17-8-12-14(20-2)18-9-19-15(12)21-3/h4-6,9,17H,8H2,1-3H3. The van der Waals surface area contributed by atoms with Crippen molar-refractivity contribution in [2.45, 2.75) is 13.5 Å². The Morgan fingerprint density at radius 1 is 1.19 bits per heavy atom. The van der Waals surface area contributed by atoms with E-state index in [0.717, 1.165) is 16.8 Å². The van der Waals surface area contributed by atoms with Crippen LogP contribution in [0.3, 0.4) is 0 Å². The highest BCUT2D eigenvalue weighted by Gasteiger charge is 2.13. The number of ether oxygens (including phenoxy) is 2. The average Bonchev–Trinajstić information content (AvgIpc) is 2.53. The summed E-state index contributed by atoms with van der Waals surface area (Å²) in [6.45, 7) is 2.41. The second-order valence-corrected chi connectivity index (χ2v) is 4.37. The fourth-order valence-corrected chi connectivity index (χ4v) is 1.95. The lowest BCUT2D eigenvalue weighted by atomic mass is 10.1. The van der Waals surface area contributed by atoms with Crippen LogP contribution in [0.15, 0.2) is 24.5 Å². The summed E-state index contributed by atoms with van der Waals surface area (Å²) in [6, 6.07) is 7.61. The van der Waals surface area contributed by atoms with E-state index in [1.807, 2.05) is 13.0 Å². The first-order valence-corrected chi connectivity index (χ1v) is 6.36. The van der Waals surface area contributed by atoms with Gasteiger partial charge in [-0.2, -0.15) is 5.26 Å². The van der Waals surface area contributed by atoms with Gasteiger partial charge < -0.3 is 14.8 Å². The third kappa shape index (κ3) is 3.20. The van der Waals surface area contributed by atoms with Crippen LogP contribution in [0.5, 0.6) is 11.8 Å². The smallest absolute Gasteiger partial charge is 0.225 e. The first kappa shape index (κ1) is 14.6. The molecular formula is C15H16N4O2. The molecule has 0 amide bonds. The Morgan fingerprint density at radius 2 is 1.86 bits per heavy atom. The van der Waals surface area contributed by atoms with Crippen molar-refractivity contribution in [3.8, 4) is 17.8 Å². The van der Waals surface area contributed by atoms with Crippen LogP contribution in [0.25, 0.3) is 0 Å². The van der Waals surface area contributed by atoms with Gasteiger partial charge in [0.25, 0.3) is 0 Å². The number of methoxy groups -OCH3 is 2. The van der Waals surface area contributed by atoms with Gasteiger partial charge in [0.1, 0.15) is 6.33 Å². The summed E-state index contributed by atoms with van der Waals surface area (Å²) in [6.07, 6.45) is 1.39. The molecule has 2 aromatic rings. The van der Waals surface area contributed by atoms with Crippen molar-refractivity contribution in [1.29, 1.82) is 5.26 Å². The second kappa shape index (κ2) is 6.57. The Balaban J connectivity index is 2.26. The van der Waals surface area contributed by atoms with Crippen LogP contribution in [-0.2, 0) is 6.54 Å². The second-order valence-electron chi connectivity index (χ2n) is 4.37. The van der Waals surface area contributed by atoms with E-state index in [1.165, 1.54) is 6.33 Å².